The van der Waals surface area contributed by atoms with Crippen LogP contribution in [0.3, 0.4) is 0 Å². The second-order valence-electron chi connectivity index (χ2n) is 13.1. The molecule has 3 aliphatic rings. The van der Waals surface area contributed by atoms with Crippen molar-refractivity contribution in [3.63, 3.8) is 0 Å². The smallest absolute Gasteiger partial charge is 0.258 e. The van der Waals surface area contributed by atoms with Crippen LogP contribution in [-0.4, -0.2) is 46.7 Å². The molecule has 2 aromatic carbocycles. The lowest BCUT2D eigenvalue weighted by Gasteiger charge is -2.19. The molecule has 0 atom stereocenters. The molecule has 1 aliphatic carbocycles. The van der Waals surface area contributed by atoms with Crippen molar-refractivity contribution < 1.29 is 23.6 Å². The van der Waals surface area contributed by atoms with Crippen LogP contribution >= 0.6 is 11.6 Å². The Labute approximate surface area is 282 Å². The van der Waals surface area contributed by atoms with Crippen LogP contribution < -0.4 is 20.4 Å². The average molecular weight is 669 g/mol. The van der Waals surface area contributed by atoms with Gasteiger partial charge in [0.05, 0.1) is 38.9 Å². The van der Waals surface area contributed by atoms with E-state index in [0.717, 1.165) is 41.5 Å². The van der Waals surface area contributed by atoms with Gasteiger partial charge in [0.25, 0.3) is 11.8 Å². The number of nitrogens with one attached hydrogen (secondary N) is 2. The number of carbonyl (C=O) groups excluding carboxylic acids is 4. The number of halogens is 2. The van der Waals surface area contributed by atoms with E-state index < -0.39 is 22.6 Å². The zero-order valence-corrected chi connectivity index (χ0v) is 27.9. The van der Waals surface area contributed by atoms with Gasteiger partial charge >= 0.3 is 0 Å². The zero-order valence-electron chi connectivity index (χ0n) is 27.1. The standard InChI is InChI=1S/C19H18ClN3O2.C17H16FN3O2/c1-19(2)14-6-3-11(9-16(14)23(18(19)25)12-4-5-12)22-17(24)13-7-8-21-10-15(13)20;1-17(2)12-5-4-10(8-14(12)21(3)16(17)23)20-15(22)11-6-7-19-9-13(11)18/h3,6-10,12H,4-5H2,1-2H3,(H,22,24);4-9H,1-3H3,(H,20,22). The lowest BCUT2D eigenvalue weighted by atomic mass is 9.86. The third kappa shape index (κ3) is 5.79. The fourth-order valence-corrected chi connectivity index (χ4v) is 6.34. The molecule has 2 aromatic heterocycles. The lowest BCUT2D eigenvalue weighted by molar-refractivity contribution is -0.122. The molecule has 1 fully saturated rings. The molecule has 4 aromatic rings. The minimum Gasteiger partial charge on any atom is -0.322 e. The summed E-state index contributed by atoms with van der Waals surface area (Å²) in [5.41, 5.74) is 3.86. The van der Waals surface area contributed by atoms with Gasteiger partial charge in [0.1, 0.15) is 0 Å². The predicted octanol–water partition coefficient (Wildman–Crippen LogP) is 6.50. The molecule has 0 bridgehead atoms. The van der Waals surface area contributed by atoms with Crippen molar-refractivity contribution in [2.45, 2.75) is 57.4 Å². The van der Waals surface area contributed by atoms with Gasteiger partial charge < -0.3 is 20.4 Å². The molecule has 12 heteroatoms. The molecular weight excluding hydrogens is 635 g/mol. The highest BCUT2D eigenvalue weighted by Gasteiger charge is 2.49. The van der Waals surface area contributed by atoms with Crippen molar-refractivity contribution in [2.75, 3.05) is 27.5 Å². The number of benzene rings is 2. The van der Waals surface area contributed by atoms with Crippen LogP contribution in [0.4, 0.5) is 27.1 Å². The summed E-state index contributed by atoms with van der Waals surface area (Å²) >= 11 is 6.03. The third-order valence-electron chi connectivity index (χ3n) is 9.02. The van der Waals surface area contributed by atoms with Crippen LogP contribution in [0.1, 0.15) is 72.4 Å². The summed E-state index contributed by atoms with van der Waals surface area (Å²) in [5.74, 6) is -1.41. The first-order valence-electron chi connectivity index (χ1n) is 15.4. The minimum absolute atomic E-state index is 0.00356. The highest BCUT2D eigenvalue weighted by Crippen LogP contribution is 2.47. The van der Waals surface area contributed by atoms with Gasteiger partial charge in [-0.1, -0.05) is 23.7 Å². The summed E-state index contributed by atoms with van der Waals surface area (Å²) < 4.78 is 13.6. The summed E-state index contributed by atoms with van der Waals surface area (Å²) in [7, 11) is 1.70. The zero-order chi connectivity index (χ0) is 34.5. The number of carbonyl (C=O) groups is 4. The van der Waals surface area contributed by atoms with E-state index in [1.165, 1.54) is 24.7 Å². The van der Waals surface area contributed by atoms with Crippen LogP contribution in [0.25, 0.3) is 0 Å². The molecule has 0 unspecified atom stereocenters. The summed E-state index contributed by atoms with van der Waals surface area (Å²) in [6.45, 7) is 7.63. The predicted molar refractivity (Wildman–Crippen MR) is 182 cm³/mol. The molecule has 246 valence electrons. The van der Waals surface area contributed by atoms with Gasteiger partial charge in [0, 0.05) is 48.7 Å². The molecule has 1 saturated carbocycles. The van der Waals surface area contributed by atoms with Crippen LogP contribution in [0.5, 0.6) is 0 Å². The molecule has 7 rings (SSSR count). The SMILES string of the molecule is CC1(C)C(=O)N(C2CC2)c2cc(NC(=O)c3ccncc3Cl)ccc21.CN1C(=O)C(C)(C)c2ccc(NC(=O)c3ccncc3F)cc21. The maximum absolute atomic E-state index is 13.6. The van der Waals surface area contributed by atoms with E-state index in [0.29, 0.717) is 22.0 Å². The Morgan fingerprint density at radius 3 is 1.90 bits per heavy atom. The van der Waals surface area contributed by atoms with E-state index in [9.17, 15) is 23.6 Å². The summed E-state index contributed by atoms with van der Waals surface area (Å²) in [6, 6.07) is 14.1. The van der Waals surface area contributed by atoms with Gasteiger partial charge in [-0.05, 0) is 88.1 Å². The van der Waals surface area contributed by atoms with E-state index in [2.05, 4.69) is 20.6 Å². The Morgan fingerprint density at radius 1 is 0.792 bits per heavy atom. The van der Waals surface area contributed by atoms with Crippen molar-refractivity contribution in [2.24, 2.45) is 0 Å². The lowest BCUT2D eigenvalue weighted by Crippen LogP contribution is -2.37. The Bertz CT molecular complexity index is 1990. The van der Waals surface area contributed by atoms with Crippen LogP contribution in [0.15, 0.2) is 73.3 Å². The highest BCUT2D eigenvalue weighted by atomic mass is 35.5. The number of hydrogen-bond donors (Lipinski definition) is 2. The topological polar surface area (TPSA) is 125 Å². The van der Waals surface area contributed by atoms with E-state index in [-0.39, 0.29) is 29.3 Å². The molecule has 2 aliphatic heterocycles. The molecule has 4 amide bonds. The number of rotatable bonds is 5. The van der Waals surface area contributed by atoms with E-state index in [4.69, 9.17) is 11.6 Å². The van der Waals surface area contributed by atoms with Gasteiger partial charge in [0.15, 0.2) is 5.82 Å². The second-order valence-corrected chi connectivity index (χ2v) is 13.5. The Morgan fingerprint density at radius 2 is 1.31 bits per heavy atom. The first-order chi connectivity index (χ1) is 22.7. The molecule has 0 radical (unpaired) electrons. The minimum atomic E-state index is -0.681. The number of amides is 4. The number of hydrogen-bond acceptors (Lipinski definition) is 6. The van der Waals surface area contributed by atoms with E-state index >= 15 is 0 Å². The van der Waals surface area contributed by atoms with Gasteiger partial charge in [-0.25, -0.2) is 4.39 Å². The molecule has 0 saturated heterocycles. The number of pyridine rings is 2. The number of nitrogens with zero attached hydrogens (tertiary/aromatic N) is 4. The molecule has 48 heavy (non-hydrogen) atoms. The highest BCUT2D eigenvalue weighted by molar-refractivity contribution is 6.34. The largest absolute Gasteiger partial charge is 0.322 e. The molecule has 2 N–H and O–H groups in total. The van der Waals surface area contributed by atoms with Crippen molar-refractivity contribution in [1.29, 1.82) is 0 Å². The monoisotopic (exact) mass is 668 g/mol. The molecule has 0 spiro atoms. The maximum atomic E-state index is 13.6. The third-order valence-corrected chi connectivity index (χ3v) is 9.32. The average Bonchev–Trinajstić information content (AvgIpc) is 3.84. The van der Waals surface area contributed by atoms with Gasteiger partial charge in [-0.2, -0.15) is 0 Å². The van der Waals surface area contributed by atoms with Crippen LogP contribution in [0, 0.1) is 5.82 Å². The molecular formula is C36H34ClFN6O4. The summed E-state index contributed by atoms with van der Waals surface area (Å²) in [6.07, 6.45) is 7.38. The second kappa shape index (κ2) is 12.1. The van der Waals surface area contributed by atoms with E-state index in [1.54, 1.807) is 30.1 Å². The van der Waals surface area contributed by atoms with Gasteiger partial charge in [-0.3, -0.25) is 29.1 Å². The fourth-order valence-electron chi connectivity index (χ4n) is 6.13. The summed E-state index contributed by atoms with van der Waals surface area (Å²) in [4.78, 5) is 60.6. The number of aromatic nitrogens is 2. The Balaban J connectivity index is 0.000000168. The van der Waals surface area contributed by atoms with E-state index in [1.807, 2.05) is 56.9 Å². The van der Waals surface area contributed by atoms with Gasteiger partial charge in [-0.15, -0.1) is 0 Å². The number of anilines is 4. The molecule has 10 nitrogen and oxygen atoms in total. The first kappa shape index (κ1) is 32.8. The first-order valence-corrected chi connectivity index (χ1v) is 15.8. The van der Waals surface area contributed by atoms with Crippen molar-refractivity contribution in [1.82, 2.24) is 9.97 Å². The van der Waals surface area contributed by atoms with Crippen molar-refractivity contribution in [3.05, 3.63) is 106 Å². The van der Waals surface area contributed by atoms with Crippen LogP contribution in [0.2, 0.25) is 5.02 Å². The van der Waals surface area contributed by atoms with Crippen LogP contribution in [-0.2, 0) is 20.4 Å². The maximum Gasteiger partial charge on any atom is 0.258 e. The Hall–Kier alpha value is -5.16. The summed E-state index contributed by atoms with van der Waals surface area (Å²) in [5, 5.41) is 5.81. The number of likely N-dealkylation sites (N-methyl/N-ethyl adjacent to an activating group) is 1. The van der Waals surface area contributed by atoms with Crippen molar-refractivity contribution in [3.8, 4) is 0 Å². The molecule has 4 heterocycles. The Kier molecular flexibility index (Phi) is 8.28. The van der Waals surface area contributed by atoms with Gasteiger partial charge in [0.2, 0.25) is 11.8 Å². The quantitative estimate of drug-likeness (QED) is 0.250. The van der Waals surface area contributed by atoms with Crippen molar-refractivity contribution >= 4 is 58.0 Å². The normalized spacial score (nSPS) is 16.9. The fraction of sp³-hybridized carbons (Fsp3) is 0.278. The number of fused-ring (bicyclic) bond motifs is 2.